The molecule has 0 fully saturated rings. The van der Waals surface area contributed by atoms with Gasteiger partial charge < -0.3 is 14.9 Å². The summed E-state index contributed by atoms with van der Waals surface area (Å²) in [5, 5.41) is 9.25. The Labute approximate surface area is 65.2 Å². The van der Waals surface area contributed by atoms with Gasteiger partial charge in [0.25, 0.3) is 0 Å². The van der Waals surface area contributed by atoms with E-state index in [2.05, 4.69) is 4.52 Å². The van der Waals surface area contributed by atoms with E-state index >= 15 is 0 Å². The number of aliphatic hydroxyl groups is 1. The normalized spacial score (nSPS) is 13.5. The molecule has 0 aromatic heterocycles. The van der Waals surface area contributed by atoms with Crippen LogP contribution in [-0.2, 0) is 9.09 Å². The summed E-state index contributed by atoms with van der Waals surface area (Å²) in [6.45, 7) is 3.16. The molecule has 5 nitrogen and oxygen atoms in total. The molecule has 0 atom stereocenters. The molecule has 3 N–H and O–H groups in total. The van der Waals surface area contributed by atoms with Crippen LogP contribution >= 0.6 is 7.82 Å². The number of hydrogen-bond acceptors (Lipinski definition) is 3. The van der Waals surface area contributed by atoms with Crippen molar-refractivity contribution in [3.05, 3.63) is 0 Å². The van der Waals surface area contributed by atoms with E-state index in [1.807, 2.05) is 0 Å². The van der Waals surface area contributed by atoms with Crippen LogP contribution in [0.25, 0.3) is 0 Å². The summed E-state index contributed by atoms with van der Waals surface area (Å²) in [6.07, 6.45) is 0.295. The van der Waals surface area contributed by atoms with Crippen LogP contribution in [0, 0.1) is 0 Å². The zero-order chi connectivity index (χ0) is 9.12. The van der Waals surface area contributed by atoms with Crippen molar-refractivity contribution in [2.75, 3.05) is 0 Å². The maximum atomic E-state index is 10.3. The first-order chi connectivity index (χ1) is 4.83. The fraction of sp³-hybridized carbons (Fsp3) is 1.00. The second-order valence-corrected chi connectivity index (χ2v) is 3.40. The second kappa shape index (κ2) is 3.65. The third-order valence-electron chi connectivity index (χ3n) is 1.39. The van der Waals surface area contributed by atoms with Gasteiger partial charge in [-0.25, -0.2) is 4.57 Å². The lowest BCUT2D eigenvalue weighted by Crippen LogP contribution is -2.28. The zero-order valence-electron chi connectivity index (χ0n) is 6.52. The number of phosphoric acid groups is 1. The first-order valence-corrected chi connectivity index (χ1v) is 4.84. The summed E-state index contributed by atoms with van der Waals surface area (Å²) in [5.74, 6) is -1.70. The number of phosphoric ester groups is 1. The van der Waals surface area contributed by atoms with E-state index in [0.717, 1.165) is 0 Å². The minimum Gasteiger partial charge on any atom is -0.365 e. The van der Waals surface area contributed by atoms with Crippen LogP contribution < -0.4 is 0 Å². The van der Waals surface area contributed by atoms with Crippen molar-refractivity contribution in [2.24, 2.45) is 0 Å². The van der Waals surface area contributed by atoms with Gasteiger partial charge in [0.2, 0.25) is 0 Å². The van der Waals surface area contributed by atoms with Crippen LogP contribution in [0.1, 0.15) is 26.7 Å². The highest BCUT2D eigenvalue weighted by Crippen LogP contribution is 2.42. The molecule has 0 aliphatic carbocycles. The van der Waals surface area contributed by atoms with Crippen LogP contribution in [0.3, 0.4) is 0 Å². The molecule has 0 aromatic rings. The lowest BCUT2D eigenvalue weighted by atomic mass is 10.2. The van der Waals surface area contributed by atoms with Crippen molar-refractivity contribution in [2.45, 2.75) is 32.5 Å². The summed E-state index contributed by atoms with van der Waals surface area (Å²) in [5.41, 5.74) is 0. The average Bonchev–Trinajstić information content (AvgIpc) is 1.84. The maximum absolute atomic E-state index is 10.3. The van der Waals surface area contributed by atoms with Crippen molar-refractivity contribution in [3.63, 3.8) is 0 Å². The van der Waals surface area contributed by atoms with Crippen LogP contribution in [0.4, 0.5) is 0 Å². The van der Waals surface area contributed by atoms with E-state index in [4.69, 9.17) is 9.79 Å². The van der Waals surface area contributed by atoms with Gasteiger partial charge >= 0.3 is 7.82 Å². The standard InChI is InChI=1S/C5H13O5P/c1-3-5(6,4-2)10-11(7,8)9/h6H,3-4H2,1-2H3,(H2,7,8,9). The highest BCUT2D eigenvalue weighted by atomic mass is 31.2. The summed E-state index contributed by atoms with van der Waals surface area (Å²) < 4.78 is 14.4. The van der Waals surface area contributed by atoms with Crippen LogP contribution in [0.5, 0.6) is 0 Å². The Balaban J connectivity index is 4.20. The van der Waals surface area contributed by atoms with Crippen LogP contribution in [-0.4, -0.2) is 20.7 Å². The third kappa shape index (κ3) is 4.50. The summed E-state index contributed by atoms with van der Waals surface area (Å²) >= 11 is 0. The first kappa shape index (κ1) is 11.1. The van der Waals surface area contributed by atoms with Gasteiger partial charge in [0, 0.05) is 0 Å². The van der Waals surface area contributed by atoms with E-state index in [1.54, 1.807) is 13.8 Å². The molecule has 0 radical (unpaired) electrons. The van der Waals surface area contributed by atoms with Gasteiger partial charge in [-0.3, -0.25) is 4.52 Å². The number of rotatable bonds is 4. The van der Waals surface area contributed by atoms with Gasteiger partial charge in [0.05, 0.1) is 0 Å². The van der Waals surface area contributed by atoms with Crippen molar-refractivity contribution >= 4 is 7.82 Å². The molecule has 0 aliphatic heterocycles. The molecule has 0 heterocycles. The highest BCUT2D eigenvalue weighted by molar-refractivity contribution is 7.46. The largest absolute Gasteiger partial charge is 0.472 e. The summed E-state index contributed by atoms with van der Waals surface area (Å²) in [4.78, 5) is 16.7. The lowest BCUT2D eigenvalue weighted by Gasteiger charge is -2.24. The van der Waals surface area contributed by atoms with Gasteiger partial charge in [-0.2, -0.15) is 0 Å². The van der Waals surface area contributed by atoms with Crippen molar-refractivity contribution in [1.29, 1.82) is 0 Å². The van der Waals surface area contributed by atoms with E-state index in [0.29, 0.717) is 0 Å². The molecule has 0 amide bonds. The predicted octanol–water partition coefficient (Wildman–Crippen LogP) is 0.604. The topological polar surface area (TPSA) is 87.0 Å². The lowest BCUT2D eigenvalue weighted by molar-refractivity contribution is -0.152. The van der Waals surface area contributed by atoms with Gasteiger partial charge in [-0.05, 0) is 12.8 Å². The Morgan fingerprint density at radius 3 is 1.82 bits per heavy atom. The van der Waals surface area contributed by atoms with Gasteiger partial charge in [-0.15, -0.1) is 0 Å². The molecule has 0 saturated heterocycles. The SMILES string of the molecule is CCC(O)(CC)OP(=O)(O)O. The van der Waals surface area contributed by atoms with E-state index < -0.39 is 13.6 Å². The molecule has 0 unspecified atom stereocenters. The van der Waals surface area contributed by atoms with E-state index in [1.165, 1.54) is 0 Å². The molecule has 11 heavy (non-hydrogen) atoms. The zero-order valence-corrected chi connectivity index (χ0v) is 7.41. The summed E-state index contributed by atoms with van der Waals surface area (Å²) in [6, 6.07) is 0. The molecule has 0 aliphatic rings. The second-order valence-electron chi connectivity index (χ2n) is 2.24. The summed E-state index contributed by atoms with van der Waals surface area (Å²) in [7, 11) is -4.57. The minimum atomic E-state index is -4.57. The van der Waals surface area contributed by atoms with Gasteiger partial charge in [0.1, 0.15) is 0 Å². The van der Waals surface area contributed by atoms with Gasteiger partial charge in [-0.1, -0.05) is 13.8 Å². The monoisotopic (exact) mass is 184 g/mol. The molecule has 6 heteroatoms. The molecule has 68 valence electrons. The molecular weight excluding hydrogens is 171 g/mol. The molecule has 0 rings (SSSR count). The molecule has 0 bridgehead atoms. The van der Waals surface area contributed by atoms with Crippen molar-refractivity contribution < 1.29 is 24.0 Å². The Morgan fingerprint density at radius 1 is 1.36 bits per heavy atom. The Morgan fingerprint density at radius 2 is 1.73 bits per heavy atom. The predicted molar refractivity (Wildman–Crippen MR) is 38.7 cm³/mol. The molecule has 0 saturated carbocycles. The quantitative estimate of drug-likeness (QED) is 0.440. The fourth-order valence-corrected chi connectivity index (χ4v) is 1.30. The van der Waals surface area contributed by atoms with Crippen LogP contribution in [0.15, 0.2) is 0 Å². The Kier molecular flexibility index (Phi) is 3.67. The average molecular weight is 184 g/mol. The van der Waals surface area contributed by atoms with Crippen molar-refractivity contribution in [1.82, 2.24) is 0 Å². The Hall–Kier alpha value is 0.0700. The minimum absolute atomic E-state index is 0.147. The maximum Gasteiger partial charge on any atom is 0.472 e. The van der Waals surface area contributed by atoms with Crippen molar-refractivity contribution in [3.8, 4) is 0 Å². The first-order valence-electron chi connectivity index (χ1n) is 3.31. The van der Waals surface area contributed by atoms with Gasteiger partial charge in [0.15, 0.2) is 5.79 Å². The Bertz CT molecular complexity index is 158. The van der Waals surface area contributed by atoms with Crippen LogP contribution in [0.2, 0.25) is 0 Å². The number of hydrogen-bond donors (Lipinski definition) is 3. The smallest absolute Gasteiger partial charge is 0.365 e. The third-order valence-corrected chi connectivity index (χ3v) is 1.97. The molecule has 0 aromatic carbocycles. The molecule has 0 spiro atoms. The molecular formula is C5H13O5P. The fourth-order valence-electron chi connectivity index (χ4n) is 0.600. The van der Waals surface area contributed by atoms with E-state index in [9.17, 15) is 9.67 Å². The highest BCUT2D eigenvalue weighted by Gasteiger charge is 2.32. The van der Waals surface area contributed by atoms with E-state index in [-0.39, 0.29) is 12.8 Å².